The van der Waals surface area contributed by atoms with Gasteiger partial charge in [0.15, 0.2) is 22.5 Å². The number of hydrogen-bond acceptors (Lipinski definition) is 8. The summed E-state index contributed by atoms with van der Waals surface area (Å²) < 4.78 is 5.18. The fourth-order valence-corrected chi connectivity index (χ4v) is 3.34. The Morgan fingerprint density at radius 2 is 1.92 bits per heavy atom. The Balaban J connectivity index is 1.85. The first kappa shape index (κ1) is 18.4. The van der Waals surface area contributed by atoms with E-state index < -0.39 is 0 Å². The molecule has 0 radical (unpaired) electrons. The number of nitrogens with one attached hydrogen (secondary N) is 1. The quantitative estimate of drug-likeness (QED) is 0.442. The summed E-state index contributed by atoms with van der Waals surface area (Å²) in [6, 6.07) is 7.76. The monoisotopic (exact) mass is 373 g/mol. The van der Waals surface area contributed by atoms with Crippen LogP contribution in [-0.4, -0.2) is 36.4 Å². The smallest absolute Gasteiger partial charge is 0.192 e. The van der Waals surface area contributed by atoms with Gasteiger partial charge in [-0.1, -0.05) is 23.9 Å². The van der Waals surface area contributed by atoms with Gasteiger partial charge in [0.05, 0.1) is 7.11 Å². The summed E-state index contributed by atoms with van der Waals surface area (Å²) >= 11 is 1.46. The largest absolute Gasteiger partial charge is 0.497 e. The number of methoxy groups -OCH3 is 1. The van der Waals surface area contributed by atoms with Crippen molar-refractivity contribution in [1.29, 1.82) is 0 Å². The topological polar surface area (TPSA) is 79.7 Å². The molecule has 7 nitrogen and oxygen atoms in total. The van der Waals surface area contributed by atoms with Crippen LogP contribution < -0.4 is 15.0 Å². The van der Waals surface area contributed by atoms with E-state index in [1.807, 2.05) is 30.5 Å². The molecule has 0 saturated carbocycles. The third-order valence-corrected chi connectivity index (χ3v) is 4.94. The maximum absolute atomic E-state index is 11.6. The van der Waals surface area contributed by atoms with Crippen LogP contribution in [0.2, 0.25) is 0 Å². The first-order chi connectivity index (χ1) is 12.7. The molecule has 1 aliphatic rings. The number of nitrogens with zero attached hydrogens (tertiary/aromatic N) is 4. The van der Waals surface area contributed by atoms with Crippen molar-refractivity contribution in [2.75, 3.05) is 36.7 Å². The number of piperidine rings is 1. The molecule has 0 aliphatic carbocycles. The van der Waals surface area contributed by atoms with Crippen molar-refractivity contribution in [2.24, 2.45) is 5.18 Å². The number of thioether (sulfide) groups is 1. The molecule has 1 N–H and O–H groups in total. The van der Waals surface area contributed by atoms with E-state index in [-0.39, 0.29) is 0 Å². The van der Waals surface area contributed by atoms with Crippen LogP contribution in [-0.2, 0) is 6.54 Å². The Bertz CT molecular complexity index is 748. The van der Waals surface area contributed by atoms with Crippen LogP contribution in [0.5, 0.6) is 5.75 Å². The first-order valence-corrected chi connectivity index (χ1v) is 9.88. The predicted octanol–water partition coefficient (Wildman–Crippen LogP) is 4.21. The molecule has 1 aliphatic heterocycles. The maximum Gasteiger partial charge on any atom is 0.192 e. The number of aromatic nitrogens is 2. The van der Waals surface area contributed by atoms with Crippen LogP contribution >= 0.6 is 11.8 Å². The average molecular weight is 373 g/mol. The Kier molecular flexibility index (Phi) is 6.27. The highest BCUT2D eigenvalue weighted by molar-refractivity contribution is 7.98. The number of hydrogen-bond donors (Lipinski definition) is 1. The van der Waals surface area contributed by atoms with Gasteiger partial charge in [-0.25, -0.2) is 9.97 Å². The Morgan fingerprint density at radius 1 is 1.19 bits per heavy atom. The molecule has 0 unspecified atom stereocenters. The van der Waals surface area contributed by atoms with Crippen molar-refractivity contribution in [3.8, 4) is 5.75 Å². The number of nitroso groups, excluding NO2 is 1. The van der Waals surface area contributed by atoms with Crippen LogP contribution in [0.3, 0.4) is 0 Å². The molecule has 0 spiro atoms. The van der Waals surface area contributed by atoms with Crippen LogP contribution in [0.25, 0.3) is 0 Å². The van der Waals surface area contributed by atoms with E-state index >= 15 is 0 Å². The average Bonchev–Trinajstić information content (AvgIpc) is 2.72. The predicted molar refractivity (Wildman–Crippen MR) is 106 cm³/mol. The van der Waals surface area contributed by atoms with E-state index in [0.717, 1.165) is 37.2 Å². The highest BCUT2D eigenvalue weighted by Crippen LogP contribution is 2.36. The molecule has 1 saturated heterocycles. The molecule has 3 rings (SSSR count). The number of ether oxygens (including phenoxy) is 1. The molecule has 26 heavy (non-hydrogen) atoms. The zero-order valence-electron chi connectivity index (χ0n) is 15.1. The molecule has 0 bridgehead atoms. The third kappa shape index (κ3) is 4.24. The van der Waals surface area contributed by atoms with Gasteiger partial charge in [-0.2, -0.15) is 0 Å². The molecule has 0 amide bonds. The van der Waals surface area contributed by atoms with Crippen molar-refractivity contribution in [3.05, 3.63) is 34.7 Å². The second kappa shape index (κ2) is 8.84. The minimum absolute atomic E-state index is 0.290. The van der Waals surface area contributed by atoms with Gasteiger partial charge in [-0.05, 0) is 48.4 Å². The van der Waals surface area contributed by atoms with Crippen molar-refractivity contribution >= 4 is 29.1 Å². The number of benzene rings is 1. The molecule has 138 valence electrons. The first-order valence-electron chi connectivity index (χ1n) is 8.66. The second-order valence-electron chi connectivity index (χ2n) is 6.07. The fourth-order valence-electron chi connectivity index (χ4n) is 2.98. The van der Waals surface area contributed by atoms with Crippen molar-refractivity contribution in [2.45, 2.75) is 31.0 Å². The van der Waals surface area contributed by atoms with Gasteiger partial charge < -0.3 is 15.0 Å². The molecule has 0 atom stereocenters. The van der Waals surface area contributed by atoms with E-state index in [9.17, 15) is 4.91 Å². The van der Waals surface area contributed by atoms with Crippen LogP contribution in [0, 0.1) is 4.91 Å². The van der Waals surface area contributed by atoms with Gasteiger partial charge >= 0.3 is 0 Å². The molecule has 1 aromatic heterocycles. The summed E-state index contributed by atoms with van der Waals surface area (Å²) in [7, 11) is 1.64. The van der Waals surface area contributed by atoms with Gasteiger partial charge in [0.25, 0.3) is 0 Å². The summed E-state index contributed by atoms with van der Waals surface area (Å²) in [4.78, 5) is 22.7. The molecule has 1 fully saturated rings. The third-order valence-electron chi connectivity index (χ3n) is 4.39. The van der Waals surface area contributed by atoms with Crippen LogP contribution in [0.4, 0.5) is 17.3 Å². The van der Waals surface area contributed by atoms with E-state index in [4.69, 9.17) is 4.74 Å². The summed E-state index contributed by atoms with van der Waals surface area (Å²) in [5, 5.41) is 7.13. The van der Waals surface area contributed by atoms with Gasteiger partial charge in [0.2, 0.25) is 0 Å². The van der Waals surface area contributed by atoms with E-state index in [2.05, 4.69) is 25.4 Å². The van der Waals surface area contributed by atoms with Crippen LogP contribution in [0.15, 0.2) is 34.6 Å². The zero-order chi connectivity index (χ0) is 18.4. The number of anilines is 2. The summed E-state index contributed by atoms with van der Waals surface area (Å²) in [5.74, 6) is 1.93. The van der Waals surface area contributed by atoms with Crippen molar-refractivity contribution in [1.82, 2.24) is 9.97 Å². The van der Waals surface area contributed by atoms with Crippen molar-refractivity contribution < 1.29 is 4.74 Å². The second-order valence-corrected chi connectivity index (χ2v) is 6.85. The Labute approximate surface area is 157 Å². The minimum Gasteiger partial charge on any atom is -0.497 e. The fraction of sp³-hybridized carbons (Fsp3) is 0.444. The molecule has 8 heteroatoms. The highest BCUT2D eigenvalue weighted by atomic mass is 32.2. The molecule has 2 heterocycles. The van der Waals surface area contributed by atoms with Gasteiger partial charge in [-0.3, -0.25) is 0 Å². The molecular weight excluding hydrogens is 350 g/mol. The number of rotatable bonds is 7. The van der Waals surface area contributed by atoms with E-state index in [0.29, 0.717) is 29.0 Å². The summed E-state index contributed by atoms with van der Waals surface area (Å²) in [6.07, 6.45) is 5.34. The molecule has 1 aromatic carbocycles. The zero-order valence-corrected chi connectivity index (χ0v) is 15.9. The standard InChI is InChI=1S/C18H23N5O2S/c1-25-14-8-6-13(7-9-14)12-19-16-15(22-24)17(21-18(20-16)26-2)23-10-4-3-5-11-23/h6-9H,3-5,10-12H2,1-2H3,(H,19,20,21). The summed E-state index contributed by atoms with van der Waals surface area (Å²) in [6.45, 7) is 2.33. The summed E-state index contributed by atoms with van der Waals surface area (Å²) in [5.41, 5.74) is 1.35. The van der Waals surface area contributed by atoms with Gasteiger partial charge in [0.1, 0.15) is 5.75 Å². The van der Waals surface area contributed by atoms with Crippen molar-refractivity contribution in [3.63, 3.8) is 0 Å². The lowest BCUT2D eigenvalue weighted by atomic mass is 10.1. The lowest BCUT2D eigenvalue weighted by Crippen LogP contribution is -2.30. The van der Waals surface area contributed by atoms with Gasteiger partial charge in [0, 0.05) is 19.6 Å². The lowest BCUT2D eigenvalue weighted by Gasteiger charge is -2.28. The Morgan fingerprint density at radius 3 is 2.54 bits per heavy atom. The lowest BCUT2D eigenvalue weighted by molar-refractivity contribution is 0.414. The Hall–Kier alpha value is -2.35. The SMILES string of the molecule is COc1ccc(CNc2nc(SC)nc(N3CCCCC3)c2N=O)cc1. The van der Waals surface area contributed by atoms with Crippen LogP contribution in [0.1, 0.15) is 24.8 Å². The molecular formula is C18H23N5O2S. The normalized spacial score (nSPS) is 14.2. The molecule has 2 aromatic rings. The minimum atomic E-state index is 0.290. The van der Waals surface area contributed by atoms with E-state index in [1.165, 1.54) is 18.2 Å². The maximum atomic E-state index is 11.6. The highest BCUT2D eigenvalue weighted by Gasteiger charge is 2.22. The van der Waals surface area contributed by atoms with Gasteiger partial charge in [-0.15, -0.1) is 4.91 Å². The van der Waals surface area contributed by atoms with E-state index in [1.54, 1.807) is 7.11 Å².